The first kappa shape index (κ1) is 22.1. The molecule has 0 unspecified atom stereocenters. The van der Waals surface area contributed by atoms with Crippen molar-refractivity contribution in [1.29, 1.82) is 0 Å². The number of benzene rings is 1. The van der Waals surface area contributed by atoms with E-state index in [1.54, 1.807) is 19.2 Å². The van der Waals surface area contributed by atoms with Gasteiger partial charge in [0.1, 0.15) is 41.5 Å². The fourth-order valence-electron chi connectivity index (χ4n) is 4.26. The van der Waals surface area contributed by atoms with Crippen molar-refractivity contribution in [2.45, 2.75) is 76.0 Å². The molecule has 8 heteroatoms. The van der Waals surface area contributed by atoms with Gasteiger partial charge in [-0.1, -0.05) is 12.2 Å². The van der Waals surface area contributed by atoms with Gasteiger partial charge in [-0.05, 0) is 26.8 Å². The van der Waals surface area contributed by atoms with E-state index in [1.165, 1.54) is 7.11 Å². The molecule has 3 aliphatic rings. The van der Waals surface area contributed by atoms with E-state index in [1.807, 2.05) is 32.9 Å². The van der Waals surface area contributed by atoms with Gasteiger partial charge in [0, 0.05) is 24.5 Å². The first-order valence-corrected chi connectivity index (χ1v) is 10.5. The second-order valence-corrected chi connectivity index (χ2v) is 8.64. The Balaban J connectivity index is 1.69. The highest BCUT2D eigenvalue weighted by Crippen LogP contribution is 2.47. The Bertz CT molecular complexity index is 863. The Hall–Kier alpha value is -2.13. The minimum Gasteiger partial charge on any atom is -0.497 e. The average Bonchev–Trinajstić information content (AvgIpc) is 3.40. The molecule has 0 saturated carbocycles. The SMILES string of the molecule is COc1cc(OC)c2c(c1)[C@H]1O[C@@H]1C[C@H](O)[C@@H]1OC(C)(C)O[C@H]1/C=C/C[C@H](C)OC2=O. The molecule has 6 atom stereocenters. The zero-order valence-corrected chi connectivity index (χ0v) is 18.5. The molecule has 1 aromatic carbocycles. The van der Waals surface area contributed by atoms with Crippen LogP contribution < -0.4 is 9.47 Å². The number of rotatable bonds is 2. The zero-order chi connectivity index (χ0) is 22.3. The standard InChI is InChI=1S/C23H30O8/c1-12-7-6-8-16-21(31-23(2,3)30-16)15(24)11-18-20(29-18)14-9-13(26-4)10-17(27-5)19(14)22(25)28-12/h6,8-10,12,15-16,18,20-21,24H,7,11H2,1-5H3/b8-6+/t12-,15-,16-,18+,20+,21-/m0/s1. The van der Waals surface area contributed by atoms with Crippen molar-refractivity contribution in [1.82, 2.24) is 0 Å². The Morgan fingerprint density at radius 1 is 1.16 bits per heavy atom. The summed E-state index contributed by atoms with van der Waals surface area (Å²) in [6.07, 6.45) is 1.83. The molecule has 0 spiro atoms. The van der Waals surface area contributed by atoms with Crippen LogP contribution in [0.25, 0.3) is 0 Å². The first-order valence-electron chi connectivity index (χ1n) is 10.5. The average molecular weight is 434 g/mol. The van der Waals surface area contributed by atoms with Crippen LogP contribution in [-0.4, -0.2) is 61.6 Å². The molecule has 0 aliphatic carbocycles. The van der Waals surface area contributed by atoms with Crippen molar-refractivity contribution in [3.8, 4) is 11.5 Å². The summed E-state index contributed by atoms with van der Waals surface area (Å²) in [5, 5.41) is 10.9. The van der Waals surface area contributed by atoms with E-state index < -0.39 is 30.1 Å². The summed E-state index contributed by atoms with van der Waals surface area (Å²) in [6, 6.07) is 3.41. The third-order valence-electron chi connectivity index (χ3n) is 5.77. The number of aliphatic hydroxyl groups is 1. The largest absolute Gasteiger partial charge is 0.497 e. The summed E-state index contributed by atoms with van der Waals surface area (Å²) < 4.78 is 34.3. The van der Waals surface area contributed by atoms with Crippen molar-refractivity contribution < 1.29 is 38.3 Å². The lowest BCUT2D eigenvalue weighted by atomic mass is 9.96. The molecule has 0 amide bonds. The van der Waals surface area contributed by atoms with Crippen LogP contribution in [0.2, 0.25) is 0 Å². The van der Waals surface area contributed by atoms with Crippen molar-refractivity contribution in [3.63, 3.8) is 0 Å². The van der Waals surface area contributed by atoms with Crippen molar-refractivity contribution in [3.05, 3.63) is 35.4 Å². The Morgan fingerprint density at radius 2 is 1.94 bits per heavy atom. The van der Waals surface area contributed by atoms with Crippen LogP contribution in [0.15, 0.2) is 24.3 Å². The molecule has 0 aromatic heterocycles. The van der Waals surface area contributed by atoms with E-state index in [4.69, 9.17) is 28.4 Å². The van der Waals surface area contributed by atoms with Gasteiger partial charge in [0.2, 0.25) is 0 Å². The molecule has 3 heterocycles. The van der Waals surface area contributed by atoms with Gasteiger partial charge in [-0.25, -0.2) is 4.79 Å². The number of esters is 1. The predicted molar refractivity (Wildman–Crippen MR) is 110 cm³/mol. The maximum atomic E-state index is 13.0. The molecule has 31 heavy (non-hydrogen) atoms. The Labute approximate surface area is 182 Å². The Morgan fingerprint density at radius 3 is 2.65 bits per heavy atom. The van der Waals surface area contributed by atoms with Gasteiger partial charge in [0.25, 0.3) is 0 Å². The second-order valence-electron chi connectivity index (χ2n) is 8.64. The topological polar surface area (TPSA) is 96.0 Å². The maximum absolute atomic E-state index is 13.0. The molecule has 0 radical (unpaired) electrons. The Kier molecular flexibility index (Phi) is 6.00. The molecule has 1 N–H and O–H groups in total. The number of ether oxygens (including phenoxy) is 6. The van der Waals surface area contributed by atoms with E-state index in [9.17, 15) is 9.90 Å². The van der Waals surface area contributed by atoms with Gasteiger partial charge in [0.05, 0.1) is 26.4 Å². The van der Waals surface area contributed by atoms with Crippen molar-refractivity contribution in [2.75, 3.05) is 14.2 Å². The van der Waals surface area contributed by atoms with Crippen LogP contribution in [-0.2, 0) is 18.9 Å². The van der Waals surface area contributed by atoms with Crippen LogP contribution in [0.1, 0.15) is 55.6 Å². The smallest absolute Gasteiger partial charge is 0.342 e. The van der Waals surface area contributed by atoms with Gasteiger partial charge in [0.15, 0.2) is 5.79 Å². The lowest BCUT2D eigenvalue weighted by molar-refractivity contribution is -0.154. The van der Waals surface area contributed by atoms with Crippen LogP contribution in [0.5, 0.6) is 11.5 Å². The summed E-state index contributed by atoms with van der Waals surface area (Å²) >= 11 is 0. The lowest BCUT2D eigenvalue weighted by Crippen LogP contribution is -2.35. The quantitative estimate of drug-likeness (QED) is 0.431. The maximum Gasteiger partial charge on any atom is 0.342 e. The molecule has 170 valence electrons. The van der Waals surface area contributed by atoms with Crippen molar-refractivity contribution >= 4 is 5.97 Å². The van der Waals surface area contributed by atoms with E-state index in [2.05, 4.69) is 0 Å². The van der Waals surface area contributed by atoms with Crippen LogP contribution in [0, 0.1) is 0 Å². The van der Waals surface area contributed by atoms with E-state index in [0.717, 1.165) is 0 Å². The van der Waals surface area contributed by atoms with Crippen LogP contribution in [0.4, 0.5) is 0 Å². The third kappa shape index (κ3) is 4.57. The predicted octanol–water partition coefficient (Wildman–Crippen LogP) is 2.92. The molecule has 0 bridgehead atoms. The van der Waals surface area contributed by atoms with E-state index in [-0.39, 0.29) is 18.3 Å². The number of aliphatic hydroxyl groups excluding tert-OH is 1. The minimum absolute atomic E-state index is 0.282. The minimum atomic E-state index is -0.802. The molecule has 3 aliphatic heterocycles. The first-order chi connectivity index (χ1) is 14.7. The highest BCUT2D eigenvalue weighted by Gasteiger charge is 2.49. The molecule has 8 nitrogen and oxygen atoms in total. The van der Waals surface area contributed by atoms with Gasteiger partial charge < -0.3 is 33.5 Å². The number of hydrogen-bond donors (Lipinski definition) is 1. The summed E-state index contributed by atoms with van der Waals surface area (Å²) in [7, 11) is 3.04. The summed E-state index contributed by atoms with van der Waals surface area (Å²) in [6.45, 7) is 5.47. The zero-order valence-electron chi connectivity index (χ0n) is 18.5. The lowest BCUT2D eigenvalue weighted by Gasteiger charge is -2.21. The molecule has 4 rings (SSSR count). The van der Waals surface area contributed by atoms with Gasteiger partial charge >= 0.3 is 5.97 Å². The second kappa shape index (κ2) is 8.43. The fraction of sp³-hybridized carbons (Fsp3) is 0.609. The fourth-order valence-corrected chi connectivity index (χ4v) is 4.26. The third-order valence-corrected chi connectivity index (χ3v) is 5.77. The molecule has 2 fully saturated rings. The van der Waals surface area contributed by atoms with Crippen LogP contribution >= 0.6 is 0 Å². The van der Waals surface area contributed by atoms with Gasteiger partial charge in [-0.15, -0.1) is 0 Å². The highest BCUT2D eigenvalue weighted by atomic mass is 16.8. The van der Waals surface area contributed by atoms with Gasteiger partial charge in [-0.3, -0.25) is 0 Å². The number of carbonyl (C=O) groups is 1. The van der Waals surface area contributed by atoms with Gasteiger partial charge in [-0.2, -0.15) is 0 Å². The summed E-state index contributed by atoms with van der Waals surface area (Å²) in [4.78, 5) is 13.0. The molecule has 1 aromatic rings. The molecule has 2 saturated heterocycles. The number of cyclic esters (lactones) is 1. The number of methoxy groups -OCH3 is 2. The molecular formula is C23H30O8. The monoisotopic (exact) mass is 434 g/mol. The highest BCUT2D eigenvalue weighted by molar-refractivity contribution is 5.95. The van der Waals surface area contributed by atoms with E-state index in [0.29, 0.717) is 35.5 Å². The number of epoxide rings is 1. The number of fused-ring (bicyclic) bond motifs is 4. The van der Waals surface area contributed by atoms with Crippen molar-refractivity contribution in [2.24, 2.45) is 0 Å². The summed E-state index contributed by atoms with van der Waals surface area (Å²) in [5.74, 6) is -0.381. The van der Waals surface area contributed by atoms with Crippen LogP contribution in [0.3, 0.4) is 0 Å². The normalized spacial score (nSPS) is 35.6. The number of carbonyl (C=O) groups excluding carboxylic acids is 1. The summed E-state index contributed by atoms with van der Waals surface area (Å²) in [5.41, 5.74) is 0.941. The molecular weight excluding hydrogens is 404 g/mol. The van der Waals surface area contributed by atoms with E-state index >= 15 is 0 Å². The number of hydrogen-bond acceptors (Lipinski definition) is 8.